The fourth-order valence-electron chi connectivity index (χ4n) is 2.14. The van der Waals surface area contributed by atoms with Crippen LogP contribution < -0.4 is 5.32 Å². The smallest absolute Gasteiger partial charge is 0.320 e. The van der Waals surface area contributed by atoms with Gasteiger partial charge in [0.25, 0.3) is 0 Å². The number of hydrogen-bond donors (Lipinski definition) is 3. The van der Waals surface area contributed by atoms with Crippen molar-refractivity contribution in [2.45, 2.75) is 19.0 Å². The maximum Gasteiger partial charge on any atom is 0.320 e. The molecule has 0 aliphatic carbocycles. The van der Waals surface area contributed by atoms with Crippen molar-refractivity contribution in [3.8, 4) is 0 Å². The molecule has 2 unspecified atom stereocenters. The molecule has 0 aromatic carbocycles. The van der Waals surface area contributed by atoms with Gasteiger partial charge in [-0.3, -0.25) is 14.3 Å². The molecule has 0 saturated carbocycles. The van der Waals surface area contributed by atoms with Crippen molar-refractivity contribution in [2.75, 3.05) is 6.54 Å². The van der Waals surface area contributed by atoms with Crippen molar-refractivity contribution in [1.29, 1.82) is 0 Å². The van der Waals surface area contributed by atoms with E-state index in [0.717, 1.165) is 0 Å². The minimum absolute atomic E-state index is 0.0294. The normalized spacial score (nSPS) is 26.5. The lowest BCUT2D eigenvalue weighted by molar-refractivity contribution is -0.149. The van der Waals surface area contributed by atoms with Crippen molar-refractivity contribution >= 4 is 43.8 Å². The van der Waals surface area contributed by atoms with E-state index in [1.165, 1.54) is 4.68 Å². The van der Waals surface area contributed by atoms with E-state index in [4.69, 9.17) is 5.11 Å². The van der Waals surface area contributed by atoms with E-state index in [9.17, 15) is 14.7 Å². The van der Waals surface area contributed by atoms with Gasteiger partial charge >= 0.3 is 11.9 Å². The molecular weight excluding hydrogens is 386 g/mol. The number of carboxylic acids is 2. The number of carboxylic acid groups (broad SMARTS) is 2. The Bertz CT molecular complexity index is 533. The van der Waals surface area contributed by atoms with Gasteiger partial charge in [0.1, 0.15) is 20.7 Å². The van der Waals surface area contributed by atoms with Crippen LogP contribution in [0.2, 0.25) is 0 Å². The van der Waals surface area contributed by atoms with Crippen molar-refractivity contribution < 1.29 is 19.8 Å². The summed E-state index contributed by atoms with van der Waals surface area (Å²) < 4.78 is 2.73. The van der Waals surface area contributed by atoms with Gasteiger partial charge in [-0.05, 0) is 38.3 Å². The second-order valence-electron chi connectivity index (χ2n) is 4.51. The maximum absolute atomic E-state index is 11.5. The Hall–Kier alpha value is -0.930. The van der Waals surface area contributed by atoms with Gasteiger partial charge in [-0.2, -0.15) is 5.10 Å². The first kappa shape index (κ1) is 14.5. The first-order chi connectivity index (χ1) is 8.84. The molecule has 2 rings (SSSR count). The van der Waals surface area contributed by atoms with Crippen LogP contribution in [0, 0.1) is 5.41 Å². The molecule has 0 radical (unpaired) electrons. The van der Waals surface area contributed by atoms with Gasteiger partial charge in [0.05, 0.1) is 6.54 Å². The summed E-state index contributed by atoms with van der Waals surface area (Å²) in [6, 6.07) is 0.862. The Balaban J connectivity index is 2.25. The van der Waals surface area contributed by atoms with Crippen molar-refractivity contribution in [2.24, 2.45) is 5.41 Å². The van der Waals surface area contributed by atoms with E-state index in [1.54, 1.807) is 6.07 Å². The lowest BCUT2D eigenvalue weighted by Gasteiger charge is -2.23. The molecule has 7 nitrogen and oxygen atoms in total. The molecule has 19 heavy (non-hydrogen) atoms. The molecule has 1 aromatic rings. The predicted molar refractivity (Wildman–Crippen MR) is 71.7 cm³/mol. The second-order valence-corrected chi connectivity index (χ2v) is 6.13. The molecule has 1 fully saturated rings. The van der Waals surface area contributed by atoms with E-state index in [-0.39, 0.29) is 19.5 Å². The highest BCUT2D eigenvalue weighted by atomic mass is 79.9. The molecule has 1 aromatic heterocycles. The molecule has 2 atom stereocenters. The fourth-order valence-corrected chi connectivity index (χ4v) is 3.28. The molecule has 1 aliphatic heterocycles. The van der Waals surface area contributed by atoms with E-state index in [2.05, 4.69) is 42.3 Å². The number of aromatic nitrogens is 2. The number of hydrogen-bond acceptors (Lipinski definition) is 4. The van der Waals surface area contributed by atoms with Gasteiger partial charge in [0, 0.05) is 12.6 Å². The fraction of sp³-hybridized carbons (Fsp3) is 0.500. The Morgan fingerprint density at radius 2 is 2.21 bits per heavy atom. The highest BCUT2D eigenvalue weighted by molar-refractivity contribution is 9.11. The largest absolute Gasteiger partial charge is 0.481 e. The van der Waals surface area contributed by atoms with Crippen LogP contribution in [0.1, 0.15) is 6.42 Å². The number of nitrogens with zero attached hydrogens (tertiary/aromatic N) is 2. The van der Waals surface area contributed by atoms with E-state index in [0.29, 0.717) is 9.21 Å². The number of nitrogens with one attached hydrogen (secondary N) is 1. The molecule has 1 saturated heterocycles. The number of halogens is 2. The average molecular weight is 397 g/mol. The first-order valence-corrected chi connectivity index (χ1v) is 7.01. The summed E-state index contributed by atoms with van der Waals surface area (Å²) in [7, 11) is 0. The molecule has 2 heterocycles. The monoisotopic (exact) mass is 395 g/mol. The third-order valence-electron chi connectivity index (χ3n) is 3.19. The SMILES string of the molecule is O=C(O)C1CC(Cn2nc(Br)cc2Br)(C(=O)O)CN1. The van der Waals surface area contributed by atoms with Gasteiger partial charge in [-0.1, -0.05) is 0 Å². The topological polar surface area (TPSA) is 104 Å². The summed E-state index contributed by atoms with van der Waals surface area (Å²) in [6.45, 7) is 0.203. The molecule has 0 amide bonds. The van der Waals surface area contributed by atoms with Crippen molar-refractivity contribution in [3.63, 3.8) is 0 Å². The molecule has 3 N–H and O–H groups in total. The maximum atomic E-state index is 11.5. The van der Waals surface area contributed by atoms with E-state index in [1.807, 2.05) is 0 Å². The zero-order valence-corrected chi connectivity index (χ0v) is 12.8. The number of aliphatic carboxylic acids is 2. The first-order valence-electron chi connectivity index (χ1n) is 5.42. The van der Waals surface area contributed by atoms with Crippen molar-refractivity contribution in [3.05, 3.63) is 15.3 Å². The summed E-state index contributed by atoms with van der Waals surface area (Å²) in [5, 5.41) is 25.2. The Kier molecular flexibility index (Phi) is 3.98. The number of carbonyl (C=O) groups is 2. The van der Waals surface area contributed by atoms with Gasteiger partial charge in [-0.15, -0.1) is 0 Å². The quantitative estimate of drug-likeness (QED) is 0.699. The zero-order valence-electron chi connectivity index (χ0n) is 9.64. The average Bonchev–Trinajstić information content (AvgIpc) is 2.85. The van der Waals surface area contributed by atoms with Gasteiger partial charge in [-0.25, -0.2) is 0 Å². The van der Waals surface area contributed by atoms with Crippen LogP contribution in [-0.2, 0) is 16.1 Å². The molecule has 1 aliphatic rings. The predicted octanol–water partition coefficient (Wildman–Crippen LogP) is 0.926. The van der Waals surface area contributed by atoms with Crippen LogP contribution in [-0.4, -0.2) is 44.5 Å². The molecule has 0 spiro atoms. The van der Waals surface area contributed by atoms with Gasteiger partial charge < -0.3 is 15.5 Å². The third kappa shape index (κ3) is 2.82. The Morgan fingerprint density at radius 3 is 2.63 bits per heavy atom. The van der Waals surface area contributed by atoms with E-state index < -0.39 is 23.4 Å². The third-order valence-corrected chi connectivity index (χ3v) is 4.21. The highest BCUT2D eigenvalue weighted by Crippen LogP contribution is 2.33. The van der Waals surface area contributed by atoms with Crippen LogP contribution >= 0.6 is 31.9 Å². The van der Waals surface area contributed by atoms with Gasteiger partial charge in [0.2, 0.25) is 0 Å². The van der Waals surface area contributed by atoms with Crippen molar-refractivity contribution in [1.82, 2.24) is 15.1 Å². The highest BCUT2D eigenvalue weighted by Gasteiger charge is 2.48. The van der Waals surface area contributed by atoms with E-state index >= 15 is 0 Å². The lowest BCUT2D eigenvalue weighted by Crippen LogP contribution is -2.38. The lowest BCUT2D eigenvalue weighted by atomic mass is 9.85. The van der Waals surface area contributed by atoms with Gasteiger partial charge in [0.15, 0.2) is 0 Å². The molecule has 9 heteroatoms. The van der Waals surface area contributed by atoms with Crippen LogP contribution in [0.25, 0.3) is 0 Å². The minimum atomic E-state index is -1.17. The molecular formula is C10H11Br2N3O4. The summed E-state index contributed by atoms with van der Waals surface area (Å²) in [6.07, 6.45) is 0.0294. The standard InChI is InChI=1S/C10H11Br2N3O4/c11-6-1-7(12)15(14-6)4-10(9(18)19)2-5(8(16)17)13-3-10/h1,5,13H,2-4H2,(H,16,17)(H,18,19). The Morgan fingerprint density at radius 1 is 1.53 bits per heavy atom. The summed E-state index contributed by atoms with van der Waals surface area (Å²) in [5.41, 5.74) is -1.17. The van der Waals surface area contributed by atoms with Crippen LogP contribution in [0.15, 0.2) is 15.3 Å². The Labute approximate surface area is 125 Å². The van der Waals surface area contributed by atoms with Crippen LogP contribution in [0.4, 0.5) is 0 Å². The molecule has 0 bridgehead atoms. The minimum Gasteiger partial charge on any atom is -0.481 e. The zero-order chi connectivity index (χ0) is 14.2. The second kappa shape index (κ2) is 5.22. The summed E-state index contributed by atoms with van der Waals surface area (Å²) >= 11 is 6.49. The summed E-state index contributed by atoms with van der Waals surface area (Å²) in [5.74, 6) is -2.06. The van der Waals surface area contributed by atoms with Crippen LogP contribution in [0.3, 0.4) is 0 Å². The molecule has 104 valence electrons. The number of rotatable bonds is 4. The summed E-state index contributed by atoms with van der Waals surface area (Å²) in [4.78, 5) is 22.5. The van der Waals surface area contributed by atoms with Crippen LogP contribution in [0.5, 0.6) is 0 Å².